The van der Waals surface area contributed by atoms with Crippen LogP contribution >= 0.6 is 11.3 Å². The van der Waals surface area contributed by atoms with Gasteiger partial charge in [0.25, 0.3) is 5.91 Å². The number of rotatable bonds is 7. The number of H-pyrrole nitrogens is 1. The van der Waals surface area contributed by atoms with Crippen molar-refractivity contribution in [2.45, 2.75) is 13.0 Å². The Bertz CT molecular complexity index is 1130. The number of fused-ring (bicyclic) bond motifs is 3. The van der Waals surface area contributed by atoms with Gasteiger partial charge in [-0.2, -0.15) is 0 Å². The van der Waals surface area contributed by atoms with Crippen LogP contribution in [0.5, 0.6) is 0 Å². The zero-order valence-corrected chi connectivity index (χ0v) is 16.1. The zero-order valence-electron chi connectivity index (χ0n) is 15.2. The number of carbonyl (C=O) groups is 1. The molecule has 0 spiro atoms. The lowest BCUT2D eigenvalue weighted by molar-refractivity contribution is -0.124. The molecular formula is C22H21N3O2S. The zero-order chi connectivity index (χ0) is 19.3. The molecule has 2 aromatic heterocycles. The molecule has 5 nitrogen and oxygen atoms in total. The van der Waals surface area contributed by atoms with Gasteiger partial charge in [-0.15, -0.1) is 11.3 Å². The SMILES string of the molecule is O=C(/C=C/c1ccc(CNCCc2cccc3[nH]c4sccc4c23)cc1)NO. The Morgan fingerprint density at radius 2 is 2.00 bits per heavy atom. The van der Waals surface area contributed by atoms with Crippen LogP contribution in [0.15, 0.2) is 60.0 Å². The highest BCUT2D eigenvalue weighted by molar-refractivity contribution is 7.17. The number of hydrogen-bond donors (Lipinski definition) is 4. The van der Waals surface area contributed by atoms with E-state index in [1.165, 1.54) is 38.3 Å². The number of hydroxylamine groups is 1. The summed E-state index contributed by atoms with van der Waals surface area (Å²) in [6, 6.07) is 16.6. The van der Waals surface area contributed by atoms with Crippen molar-refractivity contribution in [1.82, 2.24) is 15.8 Å². The summed E-state index contributed by atoms with van der Waals surface area (Å²) < 4.78 is 0. The third kappa shape index (κ3) is 3.99. The van der Waals surface area contributed by atoms with Gasteiger partial charge in [-0.3, -0.25) is 10.0 Å². The van der Waals surface area contributed by atoms with E-state index in [1.54, 1.807) is 22.9 Å². The molecule has 0 unspecified atom stereocenters. The van der Waals surface area contributed by atoms with E-state index in [2.05, 4.69) is 39.9 Å². The van der Waals surface area contributed by atoms with Crippen LogP contribution in [-0.2, 0) is 17.8 Å². The van der Waals surface area contributed by atoms with E-state index in [-0.39, 0.29) is 0 Å². The molecule has 0 fully saturated rings. The Kier molecular flexibility index (Phi) is 5.53. The number of carbonyl (C=O) groups excluding carboxylic acids is 1. The van der Waals surface area contributed by atoms with Crippen LogP contribution in [0.2, 0.25) is 0 Å². The molecule has 0 aliphatic carbocycles. The third-order valence-corrected chi connectivity index (χ3v) is 5.58. The highest BCUT2D eigenvalue weighted by Crippen LogP contribution is 2.31. The summed E-state index contributed by atoms with van der Waals surface area (Å²) in [4.78, 5) is 15.7. The van der Waals surface area contributed by atoms with Crippen LogP contribution in [0, 0.1) is 0 Å². The maximum absolute atomic E-state index is 11.0. The van der Waals surface area contributed by atoms with E-state index in [0.29, 0.717) is 0 Å². The van der Waals surface area contributed by atoms with Crippen molar-refractivity contribution in [1.29, 1.82) is 0 Å². The van der Waals surface area contributed by atoms with E-state index in [4.69, 9.17) is 5.21 Å². The van der Waals surface area contributed by atoms with E-state index in [0.717, 1.165) is 25.1 Å². The first-order valence-electron chi connectivity index (χ1n) is 9.13. The number of benzene rings is 2. The Morgan fingerprint density at radius 1 is 1.14 bits per heavy atom. The molecule has 4 aromatic rings. The number of aromatic amines is 1. The average molecular weight is 391 g/mol. The van der Waals surface area contributed by atoms with Crippen molar-refractivity contribution in [3.8, 4) is 0 Å². The molecule has 2 aromatic carbocycles. The normalized spacial score (nSPS) is 11.6. The van der Waals surface area contributed by atoms with Gasteiger partial charge in [0, 0.05) is 28.9 Å². The van der Waals surface area contributed by atoms with Crippen LogP contribution in [0.4, 0.5) is 0 Å². The van der Waals surface area contributed by atoms with Crippen LogP contribution in [-0.4, -0.2) is 22.6 Å². The predicted molar refractivity (Wildman–Crippen MR) is 114 cm³/mol. The topological polar surface area (TPSA) is 77.2 Å². The van der Waals surface area contributed by atoms with Crippen molar-refractivity contribution in [2.24, 2.45) is 0 Å². The summed E-state index contributed by atoms with van der Waals surface area (Å²) in [6.07, 6.45) is 3.92. The lowest BCUT2D eigenvalue weighted by Gasteiger charge is -2.07. The van der Waals surface area contributed by atoms with Gasteiger partial charge in [0.05, 0.1) is 0 Å². The molecule has 0 aliphatic rings. The fourth-order valence-electron chi connectivity index (χ4n) is 3.37. The quantitative estimate of drug-likeness (QED) is 0.165. The Balaban J connectivity index is 1.34. The van der Waals surface area contributed by atoms with Gasteiger partial charge in [0.2, 0.25) is 0 Å². The molecule has 4 rings (SSSR count). The molecule has 0 atom stereocenters. The van der Waals surface area contributed by atoms with Gasteiger partial charge in [-0.25, -0.2) is 5.48 Å². The lowest BCUT2D eigenvalue weighted by atomic mass is 10.0. The molecule has 0 aliphatic heterocycles. The maximum atomic E-state index is 11.0. The summed E-state index contributed by atoms with van der Waals surface area (Å²) in [5.74, 6) is -0.539. The van der Waals surface area contributed by atoms with Crippen LogP contribution in [0.1, 0.15) is 16.7 Å². The third-order valence-electron chi connectivity index (χ3n) is 4.75. The minimum Gasteiger partial charge on any atom is -0.346 e. The van der Waals surface area contributed by atoms with Gasteiger partial charge < -0.3 is 10.3 Å². The minimum atomic E-state index is -0.539. The molecule has 1 amide bonds. The van der Waals surface area contributed by atoms with E-state index in [9.17, 15) is 4.79 Å². The van der Waals surface area contributed by atoms with Gasteiger partial charge in [-0.1, -0.05) is 36.4 Å². The first-order valence-corrected chi connectivity index (χ1v) is 10.0. The van der Waals surface area contributed by atoms with Crippen LogP contribution < -0.4 is 10.8 Å². The van der Waals surface area contributed by atoms with Gasteiger partial charge in [-0.05, 0) is 53.2 Å². The summed E-state index contributed by atoms with van der Waals surface area (Å²) in [5, 5.41) is 16.8. The Hall–Kier alpha value is -2.93. The molecule has 0 saturated carbocycles. The number of amides is 1. The first-order chi connectivity index (χ1) is 13.7. The molecule has 6 heteroatoms. The Morgan fingerprint density at radius 3 is 2.82 bits per heavy atom. The molecule has 28 heavy (non-hydrogen) atoms. The molecule has 142 valence electrons. The second-order valence-electron chi connectivity index (χ2n) is 6.61. The van der Waals surface area contributed by atoms with Crippen LogP contribution in [0.25, 0.3) is 27.2 Å². The standard InChI is InChI=1S/C22H21N3O2S/c26-20(25-27)9-8-15-4-6-16(7-5-15)14-23-12-10-17-2-1-3-19-21(17)18-11-13-28-22(18)24-19/h1-9,11,13,23-24,27H,10,12,14H2,(H,25,26)/b9-8+. The van der Waals surface area contributed by atoms with Crippen LogP contribution in [0.3, 0.4) is 0 Å². The number of thiophene rings is 1. The summed E-state index contributed by atoms with van der Waals surface area (Å²) in [6.45, 7) is 1.69. The van der Waals surface area contributed by atoms with Crippen molar-refractivity contribution < 1.29 is 10.0 Å². The predicted octanol–water partition coefficient (Wildman–Crippen LogP) is 4.23. The largest absolute Gasteiger partial charge is 0.346 e. The first kappa shape index (κ1) is 18.4. The minimum absolute atomic E-state index is 0.539. The average Bonchev–Trinajstić information content (AvgIpc) is 3.31. The molecule has 2 heterocycles. The highest BCUT2D eigenvalue weighted by atomic mass is 32.1. The summed E-state index contributed by atoms with van der Waals surface area (Å²) in [7, 11) is 0. The number of nitrogens with one attached hydrogen (secondary N) is 3. The number of aromatic nitrogens is 1. The highest BCUT2D eigenvalue weighted by Gasteiger charge is 2.09. The molecule has 0 bridgehead atoms. The van der Waals surface area contributed by atoms with Crippen molar-refractivity contribution in [3.05, 3.63) is 76.7 Å². The van der Waals surface area contributed by atoms with E-state index < -0.39 is 5.91 Å². The second kappa shape index (κ2) is 8.39. The molecule has 0 saturated heterocycles. The van der Waals surface area contributed by atoms with Crippen molar-refractivity contribution in [3.63, 3.8) is 0 Å². The van der Waals surface area contributed by atoms with E-state index in [1.807, 2.05) is 24.3 Å². The van der Waals surface area contributed by atoms with Gasteiger partial charge >= 0.3 is 0 Å². The molecular weight excluding hydrogens is 370 g/mol. The fraction of sp³-hybridized carbons (Fsp3) is 0.136. The molecule has 0 radical (unpaired) electrons. The summed E-state index contributed by atoms with van der Waals surface area (Å²) >= 11 is 1.74. The van der Waals surface area contributed by atoms with E-state index >= 15 is 0 Å². The summed E-state index contributed by atoms with van der Waals surface area (Å²) in [5.41, 5.74) is 6.23. The van der Waals surface area contributed by atoms with Crippen molar-refractivity contribution in [2.75, 3.05) is 6.54 Å². The maximum Gasteiger partial charge on any atom is 0.267 e. The van der Waals surface area contributed by atoms with Gasteiger partial charge in [0.1, 0.15) is 4.83 Å². The fourth-order valence-corrected chi connectivity index (χ4v) is 4.17. The Labute approximate surface area is 166 Å². The molecule has 4 N–H and O–H groups in total. The van der Waals surface area contributed by atoms with Crippen molar-refractivity contribution >= 4 is 44.4 Å². The monoisotopic (exact) mass is 391 g/mol. The second-order valence-corrected chi connectivity index (χ2v) is 7.52. The number of hydrogen-bond acceptors (Lipinski definition) is 4. The van der Waals surface area contributed by atoms with Gasteiger partial charge in [0.15, 0.2) is 0 Å². The smallest absolute Gasteiger partial charge is 0.267 e. The lowest BCUT2D eigenvalue weighted by Crippen LogP contribution is -2.16.